The van der Waals surface area contributed by atoms with Crippen LogP contribution in [0.2, 0.25) is 0 Å². The van der Waals surface area contributed by atoms with Crippen molar-refractivity contribution in [3.05, 3.63) is 59.7 Å². The molecule has 1 unspecified atom stereocenters. The Hall–Kier alpha value is -2.87. The van der Waals surface area contributed by atoms with Crippen LogP contribution < -0.4 is 10.6 Å². The highest BCUT2D eigenvalue weighted by Gasteiger charge is 2.30. The molecule has 0 heterocycles. The van der Waals surface area contributed by atoms with Gasteiger partial charge in [-0.1, -0.05) is 25.1 Å². The van der Waals surface area contributed by atoms with Crippen LogP contribution in [0.4, 0.5) is 24.5 Å². The quantitative estimate of drug-likeness (QED) is 0.730. The summed E-state index contributed by atoms with van der Waals surface area (Å²) in [5.41, 5.74) is 0.930. The van der Waals surface area contributed by atoms with Crippen molar-refractivity contribution in [2.75, 3.05) is 24.4 Å². The van der Waals surface area contributed by atoms with E-state index in [1.54, 1.807) is 31.2 Å². The largest absolute Gasteiger partial charge is 0.416 e. The topological polar surface area (TPSA) is 67.4 Å². The highest BCUT2D eigenvalue weighted by Crippen LogP contribution is 2.30. The van der Waals surface area contributed by atoms with E-state index in [2.05, 4.69) is 10.6 Å². The molecule has 0 aliphatic heterocycles. The van der Waals surface area contributed by atoms with Crippen molar-refractivity contribution in [3.8, 4) is 0 Å². The Morgan fingerprint density at radius 1 is 1.00 bits per heavy atom. The molecule has 150 valence electrons. The van der Waals surface area contributed by atoms with E-state index in [0.717, 1.165) is 12.1 Å². The van der Waals surface area contributed by atoms with Gasteiger partial charge in [-0.3, -0.25) is 9.59 Å². The molecule has 2 rings (SSSR count). The molecule has 0 saturated carbocycles. The second kappa shape index (κ2) is 9.36. The number of anilines is 2. The molecule has 0 radical (unpaired) electrons. The number of methoxy groups -OCH3 is 1. The Labute approximate surface area is 160 Å². The fourth-order valence-corrected chi connectivity index (χ4v) is 2.61. The molecule has 8 heteroatoms. The van der Waals surface area contributed by atoms with Gasteiger partial charge < -0.3 is 15.4 Å². The molecule has 2 N–H and O–H groups in total. The van der Waals surface area contributed by atoms with E-state index in [1.807, 2.05) is 0 Å². The van der Waals surface area contributed by atoms with E-state index in [9.17, 15) is 22.8 Å². The lowest BCUT2D eigenvalue weighted by Crippen LogP contribution is -2.18. The van der Waals surface area contributed by atoms with Crippen molar-refractivity contribution in [3.63, 3.8) is 0 Å². The third kappa shape index (κ3) is 6.38. The Kier molecular flexibility index (Phi) is 7.17. The third-order valence-electron chi connectivity index (χ3n) is 4.00. The van der Waals surface area contributed by atoms with Crippen LogP contribution in [-0.2, 0) is 20.5 Å². The summed E-state index contributed by atoms with van der Waals surface area (Å²) < 4.78 is 42.6. The number of amides is 2. The van der Waals surface area contributed by atoms with Crippen LogP contribution in [0, 0.1) is 0 Å². The molecule has 0 aliphatic rings. The summed E-state index contributed by atoms with van der Waals surface area (Å²) in [5.74, 6) is -0.860. The zero-order valence-electron chi connectivity index (χ0n) is 15.5. The van der Waals surface area contributed by atoms with E-state index in [1.165, 1.54) is 19.2 Å². The summed E-state index contributed by atoms with van der Waals surface area (Å²) in [6, 6.07) is 11.4. The first kappa shape index (κ1) is 21.4. The average Bonchev–Trinajstić information content (AvgIpc) is 2.61. The number of rotatable bonds is 7. The third-order valence-corrected chi connectivity index (χ3v) is 4.00. The Balaban J connectivity index is 1.95. The van der Waals surface area contributed by atoms with E-state index in [4.69, 9.17) is 4.74 Å². The number of benzene rings is 2. The molecule has 0 fully saturated rings. The zero-order chi connectivity index (χ0) is 20.7. The van der Waals surface area contributed by atoms with Crippen LogP contribution in [0.5, 0.6) is 0 Å². The first-order valence-corrected chi connectivity index (χ1v) is 8.55. The summed E-state index contributed by atoms with van der Waals surface area (Å²) in [6.07, 6.45) is -4.28. The fraction of sp³-hybridized carbons (Fsp3) is 0.300. The lowest BCUT2D eigenvalue weighted by molar-refractivity contribution is -0.137. The molecular weight excluding hydrogens is 373 g/mol. The van der Waals surface area contributed by atoms with Gasteiger partial charge in [-0.05, 0) is 41.8 Å². The van der Waals surface area contributed by atoms with Gasteiger partial charge in [-0.15, -0.1) is 0 Å². The van der Waals surface area contributed by atoms with Crippen LogP contribution in [0.15, 0.2) is 48.5 Å². The molecule has 28 heavy (non-hydrogen) atoms. The van der Waals surface area contributed by atoms with Gasteiger partial charge in [0.15, 0.2) is 0 Å². The van der Waals surface area contributed by atoms with Crippen LogP contribution in [0.1, 0.15) is 30.4 Å². The second-order valence-corrected chi connectivity index (χ2v) is 6.34. The zero-order valence-corrected chi connectivity index (χ0v) is 15.5. The van der Waals surface area contributed by atoms with E-state index < -0.39 is 11.7 Å². The van der Waals surface area contributed by atoms with Gasteiger partial charge in [0.1, 0.15) is 6.61 Å². The highest BCUT2D eigenvalue weighted by atomic mass is 19.4. The number of carbonyl (C=O) groups excluding carboxylic acids is 2. The number of halogens is 3. The standard InChI is InChI=1S/C20H21F3N2O3/c1-13(14-6-8-15(9-7-14)20(21,22)23)10-18(26)24-16-4-3-5-17(11-16)25-19(27)12-28-2/h3-9,11,13H,10,12H2,1-2H3,(H,24,26)(H,25,27). The number of nitrogens with one attached hydrogen (secondary N) is 2. The molecule has 2 aromatic rings. The maximum Gasteiger partial charge on any atom is 0.416 e. The van der Waals surface area contributed by atoms with E-state index >= 15 is 0 Å². The van der Waals surface area contributed by atoms with Gasteiger partial charge in [0.2, 0.25) is 11.8 Å². The van der Waals surface area contributed by atoms with Gasteiger partial charge in [-0.25, -0.2) is 0 Å². The summed E-state index contributed by atoms with van der Waals surface area (Å²) in [5, 5.41) is 5.36. The fourth-order valence-electron chi connectivity index (χ4n) is 2.61. The summed E-state index contributed by atoms with van der Waals surface area (Å²) in [7, 11) is 1.41. The molecule has 0 aromatic heterocycles. The van der Waals surface area contributed by atoms with Crippen molar-refractivity contribution in [1.82, 2.24) is 0 Å². The number of ether oxygens (including phenoxy) is 1. The van der Waals surface area contributed by atoms with Crippen molar-refractivity contribution < 1.29 is 27.5 Å². The number of alkyl halides is 3. The van der Waals surface area contributed by atoms with E-state index in [-0.39, 0.29) is 30.8 Å². The SMILES string of the molecule is COCC(=O)Nc1cccc(NC(=O)CC(C)c2ccc(C(F)(F)F)cc2)c1. The molecule has 0 aliphatic carbocycles. The van der Waals surface area contributed by atoms with Crippen molar-refractivity contribution >= 4 is 23.2 Å². The van der Waals surface area contributed by atoms with Crippen molar-refractivity contribution in [1.29, 1.82) is 0 Å². The molecule has 0 bridgehead atoms. The minimum Gasteiger partial charge on any atom is -0.375 e. The molecule has 0 saturated heterocycles. The number of hydrogen-bond donors (Lipinski definition) is 2. The maximum atomic E-state index is 12.6. The van der Waals surface area contributed by atoms with Crippen molar-refractivity contribution in [2.45, 2.75) is 25.4 Å². The lowest BCUT2D eigenvalue weighted by atomic mass is 9.96. The second-order valence-electron chi connectivity index (χ2n) is 6.34. The summed E-state index contributed by atoms with van der Waals surface area (Å²) >= 11 is 0. The van der Waals surface area contributed by atoms with Crippen LogP contribution in [-0.4, -0.2) is 25.5 Å². The molecule has 0 spiro atoms. The molecule has 1 atom stereocenters. The van der Waals surface area contributed by atoms with Crippen LogP contribution in [0.25, 0.3) is 0 Å². The summed E-state index contributed by atoms with van der Waals surface area (Å²) in [6.45, 7) is 1.69. The summed E-state index contributed by atoms with van der Waals surface area (Å²) in [4.78, 5) is 23.8. The molecule has 2 aromatic carbocycles. The van der Waals surface area contributed by atoms with Crippen molar-refractivity contribution in [2.24, 2.45) is 0 Å². The molecule has 2 amide bonds. The smallest absolute Gasteiger partial charge is 0.375 e. The van der Waals surface area contributed by atoms with Gasteiger partial charge in [-0.2, -0.15) is 13.2 Å². The maximum absolute atomic E-state index is 12.6. The number of hydrogen-bond acceptors (Lipinski definition) is 3. The lowest BCUT2D eigenvalue weighted by Gasteiger charge is -2.14. The normalized spacial score (nSPS) is 12.3. The van der Waals surface area contributed by atoms with Gasteiger partial charge in [0.05, 0.1) is 5.56 Å². The van der Waals surface area contributed by atoms with Gasteiger partial charge in [0.25, 0.3) is 0 Å². The van der Waals surface area contributed by atoms with Crippen LogP contribution in [0.3, 0.4) is 0 Å². The first-order chi connectivity index (χ1) is 13.2. The highest BCUT2D eigenvalue weighted by molar-refractivity contribution is 5.94. The predicted octanol–water partition coefficient (Wildman–Crippen LogP) is 4.42. The minimum atomic E-state index is -4.39. The monoisotopic (exact) mass is 394 g/mol. The number of carbonyl (C=O) groups is 2. The van der Waals surface area contributed by atoms with Gasteiger partial charge in [0, 0.05) is 24.9 Å². The van der Waals surface area contributed by atoms with Gasteiger partial charge >= 0.3 is 6.18 Å². The minimum absolute atomic E-state index is 0.0821. The molecule has 5 nitrogen and oxygen atoms in total. The Morgan fingerprint density at radius 2 is 1.57 bits per heavy atom. The predicted molar refractivity (Wildman–Crippen MR) is 100 cm³/mol. The Morgan fingerprint density at radius 3 is 2.11 bits per heavy atom. The Bertz CT molecular complexity index is 820. The van der Waals surface area contributed by atoms with Crippen LogP contribution >= 0.6 is 0 Å². The average molecular weight is 394 g/mol. The van der Waals surface area contributed by atoms with E-state index in [0.29, 0.717) is 16.9 Å². The first-order valence-electron chi connectivity index (χ1n) is 8.55. The molecular formula is C20H21F3N2O3.